The Bertz CT molecular complexity index is 1800. The standard InChI is InChI=1S/C25H23N2S3.C15H28O2.Ir/c1-6-28-20-9-7-15(12-18(20)25(3,4)5)21-24-22(27-13-26-21)16-8-10-19-17(23(16)30-24)11-14(2)29-19;1-7-14(5,8-2)12(16)11-13(17)15(6,9-3)10-4;/h6,8-10,12-14H,1,11H2,2-5H3;11,16H,7-10H2,1-6H3;/q-1;;/b;12-11-;. The summed E-state index contributed by atoms with van der Waals surface area (Å²) in [6, 6.07) is 12.3. The van der Waals surface area contributed by atoms with Crippen LogP contribution in [-0.4, -0.2) is 26.1 Å². The van der Waals surface area contributed by atoms with Crippen molar-refractivity contribution in [3.63, 3.8) is 0 Å². The molecule has 0 fully saturated rings. The van der Waals surface area contributed by atoms with Crippen molar-refractivity contribution < 1.29 is 30.0 Å². The van der Waals surface area contributed by atoms with Crippen molar-refractivity contribution in [2.45, 2.75) is 122 Å². The van der Waals surface area contributed by atoms with Crippen LogP contribution in [-0.2, 0) is 36.7 Å². The number of hydrogen-bond donors (Lipinski definition) is 1. The number of nitrogens with zero attached hydrogens (tertiary/aromatic N) is 2. The Morgan fingerprint density at radius 1 is 1.04 bits per heavy atom. The summed E-state index contributed by atoms with van der Waals surface area (Å²) in [5.41, 5.74) is 5.27. The smallest absolute Gasteiger partial charge is 0.164 e. The van der Waals surface area contributed by atoms with Crippen molar-refractivity contribution in [2.24, 2.45) is 10.8 Å². The van der Waals surface area contributed by atoms with Crippen molar-refractivity contribution >= 4 is 60.9 Å². The maximum atomic E-state index is 12.2. The van der Waals surface area contributed by atoms with Gasteiger partial charge in [-0.3, -0.25) is 9.78 Å². The second-order valence-electron chi connectivity index (χ2n) is 14.1. The van der Waals surface area contributed by atoms with Crippen molar-refractivity contribution in [2.75, 3.05) is 0 Å². The van der Waals surface area contributed by atoms with Crippen LogP contribution in [0.1, 0.15) is 106 Å². The van der Waals surface area contributed by atoms with Crippen molar-refractivity contribution in [1.82, 2.24) is 9.97 Å². The van der Waals surface area contributed by atoms with E-state index in [1.54, 1.807) is 18.1 Å². The van der Waals surface area contributed by atoms with E-state index in [1.165, 1.54) is 37.1 Å². The number of aliphatic hydroxyl groups excluding tert-OH is 1. The molecule has 1 N–H and O–H groups in total. The zero-order valence-electron chi connectivity index (χ0n) is 30.2. The summed E-state index contributed by atoms with van der Waals surface area (Å²) >= 11 is 5.47. The Balaban J connectivity index is 0.000000301. The van der Waals surface area contributed by atoms with Gasteiger partial charge in [0.25, 0.3) is 0 Å². The second kappa shape index (κ2) is 16.4. The van der Waals surface area contributed by atoms with Crippen LogP contribution in [0.4, 0.5) is 0 Å². The Morgan fingerprint density at radius 2 is 1.69 bits per heavy atom. The Kier molecular flexibility index (Phi) is 13.8. The fraction of sp³-hybridized carbons (Fsp3) is 0.475. The molecule has 0 saturated carbocycles. The third-order valence-corrected chi connectivity index (χ3v) is 13.3. The summed E-state index contributed by atoms with van der Waals surface area (Å²) in [6.45, 7) is 25.0. The molecule has 3 heterocycles. The third kappa shape index (κ3) is 8.32. The minimum absolute atomic E-state index is 0. The van der Waals surface area contributed by atoms with Crippen LogP contribution in [0, 0.1) is 16.9 Å². The van der Waals surface area contributed by atoms with E-state index in [0.717, 1.165) is 53.6 Å². The van der Waals surface area contributed by atoms with Gasteiger partial charge in [0.1, 0.15) is 12.1 Å². The number of rotatable bonds is 10. The topological polar surface area (TPSA) is 63.1 Å². The molecule has 5 rings (SSSR count). The number of fused-ring (bicyclic) bond motifs is 5. The van der Waals surface area contributed by atoms with Crippen LogP contribution >= 0.6 is 34.9 Å². The monoisotopic (exact) mass is 880 g/mol. The molecule has 8 heteroatoms. The van der Waals surface area contributed by atoms with Gasteiger partial charge in [-0.1, -0.05) is 86.8 Å². The van der Waals surface area contributed by atoms with Gasteiger partial charge in [0.2, 0.25) is 0 Å². The molecule has 1 radical (unpaired) electrons. The van der Waals surface area contributed by atoms with Crippen LogP contribution in [0.3, 0.4) is 0 Å². The van der Waals surface area contributed by atoms with Crippen molar-refractivity contribution in [1.29, 1.82) is 0 Å². The summed E-state index contributed by atoms with van der Waals surface area (Å²) in [6.07, 6.45) is 7.58. The molecule has 4 aromatic rings. The predicted octanol–water partition coefficient (Wildman–Crippen LogP) is 12.5. The average molecular weight is 880 g/mol. The number of thiophene rings is 1. The molecule has 1 aliphatic rings. The van der Waals surface area contributed by atoms with Gasteiger partial charge >= 0.3 is 0 Å². The first-order valence-electron chi connectivity index (χ1n) is 16.8. The zero-order chi connectivity index (χ0) is 34.7. The number of carbonyl (C=O) groups excluding carboxylic acids is 1. The van der Waals surface area contributed by atoms with E-state index in [4.69, 9.17) is 4.98 Å². The molecule has 261 valence electrons. The quantitative estimate of drug-likeness (QED) is 0.0741. The van der Waals surface area contributed by atoms with Crippen molar-refractivity contribution in [3.8, 4) is 11.3 Å². The third-order valence-electron chi connectivity index (χ3n) is 10.1. The van der Waals surface area contributed by atoms with Crippen LogP contribution in [0.25, 0.3) is 31.6 Å². The number of hydrogen-bond acceptors (Lipinski definition) is 7. The number of benzene rings is 2. The molecule has 2 aromatic heterocycles. The van der Waals surface area contributed by atoms with Gasteiger partial charge in [-0.25, -0.2) is 4.98 Å². The van der Waals surface area contributed by atoms with Crippen LogP contribution < -0.4 is 0 Å². The molecular formula is C40H51IrN2O2S3-. The summed E-state index contributed by atoms with van der Waals surface area (Å²) in [5.74, 6) is 0.286. The summed E-state index contributed by atoms with van der Waals surface area (Å²) < 4.78 is 2.53. The number of thioether (sulfide) groups is 2. The first kappa shape index (κ1) is 40.5. The molecule has 1 atom stereocenters. The molecule has 2 aromatic carbocycles. The van der Waals surface area contributed by atoms with Crippen LogP contribution in [0.2, 0.25) is 0 Å². The van der Waals surface area contributed by atoms with Gasteiger partial charge in [0.05, 0.1) is 5.52 Å². The summed E-state index contributed by atoms with van der Waals surface area (Å²) in [7, 11) is 0. The van der Waals surface area contributed by atoms with E-state index < -0.39 is 0 Å². The summed E-state index contributed by atoms with van der Waals surface area (Å²) in [4.78, 5) is 24.2. The molecule has 0 saturated heterocycles. The van der Waals surface area contributed by atoms with Crippen LogP contribution in [0.15, 0.2) is 64.2 Å². The Labute approximate surface area is 314 Å². The minimum Gasteiger partial charge on any atom is -0.512 e. The van der Waals surface area contributed by atoms with E-state index in [9.17, 15) is 9.90 Å². The molecule has 1 unspecified atom stereocenters. The van der Waals surface area contributed by atoms with E-state index in [0.29, 0.717) is 5.25 Å². The van der Waals surface area contributed by atoms with E-state index in [1.807, 2.05) is 70.0 Å². The molecular weight excluding hydrogens is 829 g/mol. The number of carbonyl (C=O) groups is 1. The Hall–Kier alpha value is -1.96. The van der Waals surface area contributed by atoms with E-state index in [2.05, 4.69) is 69.6 Å². The molecule has 0 spiro atoms. The fourth-order valence-electron chi connectivity index (χ4n) is 5.79. The van der Waals surface area contributed by atoms with Gasteiger partial charge in [0, 0.05) is 67.6 Å². The maximum absolute atomic E-state index is 12.2. The SMILES string of the molecule is C=CSc1c[c-]c(-c2ncnc3c2sc2c4c(ccc23)SC(C)C4)cc1C(C)(C)C.CCC(C)(CC)C(=O)/C=C(\O)C(C)(CC)CC.[Ir]. The largest absolute Gasteiger partial charge is 0.512 e. The molecule has 1 aliphatic heterocycles. The minimum atomic E-state index is -0.337. The van der Waals surface area contributed by atoms with Crippen LogP contribution in [0.5, 0.6) is 0 Å². The number of ketones is 1. The number of aliphatic hydroxyl groups is 1. The van der Waals surface area contributed by atoms with Gasteiger partial charge < -0.3 is 5.11 Å². The summed E-state index contributed by atoms with van der Waals surface area (Å²) in [5, 5.41) is 13.9. The zero-order valence-corrected chi connectivity index (χ0v) is 35.0. The second-order valence-corrected chi connectivity index (χ2v) is 17.7. The fourth-order valence-corrected chi connectivity index (χ4v) is 9.13. The number of aromatic nitrogens is 2. The maximum Gasteiger partial charge on any atom is 0.164 e. The van der Waals surface area contributed by atoms with Gasteiger partial charge in [-0.15, -0.1) is 52.4 Å². The number of allylic oxidation sites excluding steroid dienone is 2. The van der Waals surface area contributed by atoms with Gasteiger partial charge in [0.15, 0.2) is 5.78 Å². The molecule has 4 nitrogen and oxygen atoms in total. The normalized spacial score (nSPS) is 15.1. The first-order chi connectivity index (χ1) is 22.2. The van der Waals surface area contributed by atoms with Gasteiger partial charge in [-0.05, 0) is 54.6 Å². The van der Waals surface area contributed by atoms with E-state index >= 15 is 0 Å². The molecule has 48 heavy (non-hydrogen) atoms. The molecule has 0 amide bonds. The van der Waals surface area contributed by atoms with Gasteiger partial charge in [-0.2, -0.15) is 11.8 Å². The predicted molar refractivity (Wildman–Crippen MR) is 206 cm³/mol. The average Bonchev–Trinajstić information content (AvgIpc) is 3.63. The Morgan fingerprint density at radius 3 is 2.27 bits per heavy atom. The molecule has 0 aliphatic carbocycles. The van der Waals surface area contributed by atoms with Crippen molar-refractivity contribution in [3.05, 3.63) is 71.6 Å². The molecule has 0 bridgehead atoms. The van der Waals surface area contributed by atoms with E-state index in [-0.39, 0.29) is 47.9 Å². The first-order valence-corrected chi connectivity index (χ1v) is 19.4.